The van der Waals surface area contributed by atoms with E-state index in [9.17, 15) is 4.79 Å². The van der Waals surface area contributed by atoms with Crippen LogP contribution in [0.15, 0.2) is 35.3 Å². The predicted octanol–water partition coefficient (Wildman–Crippen LogP) is 2.48. The van der Waals surface area contributed by atoms with Crippen LogP contribution in [0.5, 0.6) is 0 Å². The SMILES string of the molecule is CCNC(=NCCC(=O)OC)NC(C)c1ccccc1.I. The molecule has 1 rings (SSSR count). The van der Waals surface area contributed by atoms with E-state index in [0.29, 0.717) is 12.5 Å². The molecule has 1 aromatic carbocycles. The van der Waals surface area contributed by atoms with E-state index in [2.05, 4.69) is 39.4 Å². The third-order valence-electron chi connectivity index (χ3n) is 2.81. The number of benzene rings is 1. The lowest BCUT2D eigenvalue weighted by molar-refractivity contribution is -0.140. The number of nitrogens with zero attached hydrogens (tertiary/aromatic N) is 1. The van der Waals surface area contributed by atoms with Crippen molar-refractivity contribution in [1.29, 1.82) is 0 Å². The van der Waals surface area contributed by atoms with Gasteiger partial charge in [-0.2, -0.15) is 0 Å². The maximum Gasteiger partial charge on any atom is 0.307 e. The van der Waals surface area contributed by atoms with E-state index in [4.69, 9.17) is 0 Å². The monoisotopic (exact) mass is 405 g/mol. The Labute approximate surface area is 143 Å². The van der Waals surface area contributed by atoms with Crippen molar-refractivity contribution in [1.82, 2.24) is 10.6 Å². The van der Waals surface area contributed by atoms with Crippen molar-refractivity contribution in [2.45, 2.75) is 26.3 Å². The molecule has 0 aliphatic rings. The van der Waals surface area contributed by atoms with E-state index in [-0.39, 0.29) is 42.4 Å². The molecule has 21 heavy (non-hydrogen) atoms. The second kappa shape index (κ2) is 11.4. The first-order valence-corrected chi connectivity index (χ1v) is 6.84. The van der Waals surface area contributed by atoms with Gasteiger partial charge in [-0.1, -0.05) is 30.3 Å². The maximum absolute atomic E-state index is 11.1. The average molecular weight is 405 g/mol. The molecular formula is C15H24IN3O2. The van der Waals surface area contributed by atoms with Crippen molar-refractivity contribution in [3.8, 4) is 0 Å². The van der Waals surface area contributed by atoms with Crippen LogP contribution in [0.1, 0.15) is 31.9 Å². The van der Waals surface area contributed by atoms with Gasteiger partial charge in [0.25, 0.3) is 0 Å². The normalized spacial score (nSPS) is 12.0. The highest BCUT2D eigenvalue weighted by atomic mass is 127. The number of ether oxygens (including phenoxy) is 1. The minimum atomic E-state index is -0.249. The summed E-state index contributed by atoms with van der Waals surface area (Å²) in [6, 6.07) is 10.3. The van der Waals surface area contributed by atoms with Gasteiger partial charge in [0.15, 0.2) is 5.96 Å². The lowest BCUT2D eigenvalue weighted by atomic mass is 10.1. The van der Waals surface area contributed by atoms with E-state index in [1.165, 1.54) is 12.7 Å². The molecule has 0 aliphatic heterocycles. The number of methoxy groups -OCH3 is 1. The fraction of sp³-hybridized carbons (Fsp3) is 0.467. The standard InChI is InChI=1S/C15H23N3O2.HI/c1-4-16-15(17-11-10-14(19)20-3)18-12(2)13-8-6-5-7-9-13;/h5-9,12H,4,10-11H2,1-3H3,(H2,16,17,18);1H. The lowest BCUT2D eigenvalue weighted by Gasteiger charge is -2.18. The third kappa shape index (κ3) is 7.89. The van der Waals surface area contributed by atoms with Gasteiger partial charge in [-0.05, 0) is 19.4 Å². The highest BCUT2D eigenvalue weighted by Crippen LogP contribution is 2.10. The van der Waals surface area contributed by atoms with Crippen molar-refractivity contribution in [3.63, 3.8) is 0 Å². The quantitative estimate of drug-likeness (QED) is 0.331. The van der Waals surface area contributed by atoms with E-state index >= 15 is 0 Å². The molecule has 5 nitrogen and oxygen atoms in total. The summed E-state index contributed by atoms with van der Waals surface area (Å²) in [6.45, 7) is 5.25. The first-order chi connectivity index (χ1) is 9.67. The number of esters is 1. The fourth-order valence-corrected chi connectivity index (χ4v) is 1.71. The minimum absolute atomic E-state index is 0. The van der Waals surface area contributed by atoms with Gasteiger partial charge in [0.1, 0.15) is 0 Å². The van der Waals surface area contributed by atoms with Crippen molar-refractivity contribution >= 4 is 35.9 Å². The zero-order valence-electron chi connectivity index (χ0n) is 12.8. The molecule has 0 bridgehead atoms. The van der Waals surface area contributed by atoms with Crippen LogP contribution in [0.25, 0.3) is 0 Å². The zero-order valence-corrected chi connectivity index (χ0v) is 15.1. The molecule has 0 saturated heterocycles. The van der Waals surface area contributed by atoms with Crippen LogP contribution in [0.2, 0.25) is 0 Å². The maximum atomic E-state index is 11.1. The minimum Gasteiger partial charge on any atom is -0.469 e. The van der Waals surface area contributed by atoms with Gasteiger partial charge in [-0.25, -0.2) is 0 Å². The van der Waals surface area contributed by atoms with E-state index in [0.717, 1.165) is 6.54 Å². The van der Waals surface area contributed by atoms with Crippen molar-refractivity contribution in [2.24, 2.45) is 4.99 Å². The number of hydrogen-bond acceptors (Lipinski definition) is 3. The summed E-state index contributed by atoms with van der Waals surface area (Å²) in [4.78, 5) is 15.4. The van der Waals surface area contributed by atoms with Gasteiger partial charge in [0, 0.05) is 6.54 Å². The third-order valence-corrected chi connectivity index (χ3v) is 2.81. The van der Waals surface area contributed by atoms with E-state index in [1.54, 1.807) is 0 Å². The molecule has 1 aromatic rings. The molecule has 0 saturated carbocycles. The van der Waals surface area contributed by atoms with Crippen LogP contribution in [0, 0.1) is 0 Å². The van der Waals surface area contributed by atoms with Crippen LogP contribution >= 0.6 is 24.0 Å². The van der Waals surface area contributed by atoms with Crippen molar-refractivity contribution in [2.75, 3.05) is 20.2 Å². The fourth-order valence-electron chi connectivity index (χ4n) is 1.71. The number of aliphatic imine (C=N–C) groups is 1. The van der Waals surface area contributed by atoms with Gasteiger partial charge in [-0.3, -0.25) is 9.79 Å². The lowest BCUT2D eigenvalue weighted by Crippen LogP contribution is -2.38. The summed E-state index contributed by atoms with van der Waals surface area (Å²) >= 11 is 0. The number of hydrogen-bond donors (Lipinski definition) is 2. The summed E-state index contributed by atoms with van der Waals surface area (Å²) < 4.78 is 4.59. The summed E-state index contributed by atoms with van der Waals surface area (Å²) in [6.07, 6.45) is 0.285. The Bertz CT molecular complexity index is 438. The largest absolute Gasteiger partial charge is 0.469 e. The van der Waals surface area contributed by atoms with Gasteiger partial charge in [0.05, 0.1) is 26.1 Å². The second-order valence-electron chi connectivity index (χ2n) is 4.36. The molecular weight excluding hydrogens is 381 g/mol. The predicted molar refractivity (Wildman–Crippen MR) is 96.0 cm³/mol. The molecule has 0 amide bonds. The molecule has 1 atom stereocenters. The number of carbonyl (C=O) groups is 1. The summed E-state index contributed by atoms with van der Waals surface area (Å²) in [5.41, 5.74) is 1.19. The Morgan fingerprint density at radius 2 is 2.00 bits per heavy atom. The Hall–Kier alpha value is -1.31. The van der Waals surface area contributed by atoms with Crippen LogP contribution in [-0.4, -0.2) is 32.1 Å². The molecule has 0 heterocycles. The molecule has 0 fully saturated rings. The summed E-state index contributed by atoms with van der Waals surface area (Å²) in [5.74, 6) is 0.452. The molecule has 0 spiro atoms. The average Bonchev–Trinajstić information content (AvgIpc) is 2.48. The molecule has 1 unspecified atom stereocenters. The first kappa shape index (κ1) is 19.7. The Morgan fingerprint density at radius 1 is 1.33 bits per heavy atom. The molecule has 2 N–H and O–H groups in total. The molecule has 0 aromatic heterocycles. The molecule has 118 valence electrons. The smallest absolute Gasteiger partial charge is 0.307 e. The topological polar surface area (TPSA) is 62.7 Å². The number of halogens is 1. The molecule has 0 radical (unpaired) electrons. The Morgan fingerprint density at radius 3 is 2.57 bits per heavy atom. The Kier molecular flexibility index (Phi) is 10.7. The first-order valence-electron chi connectivity index (χ1n) is 6.84. The van der Waals surface area contributed by atoms with Crippen LogP contribution in [0.4, 0.5) is 0 Å². The van der Waals surface area contributed by atoms with E-state index in [1.807, 2.05) is 25.1 Å². The number of guanidine groups is 1. The second-order valence-corrected chi connectivity index (χ2v) is 4.36. The van der Waals surface area contributed by atoms with Crippen LogP contribution < -0.4 is 10.6 Å². The van der Waals surface area contributed by atoms with Gasteiger partial charge >= 0.3 is 5.97 Å². The molecule has 0 aliphatic carbocycles. The van der Waals surface area contributed by atoms with Crippen molar-refractivity contribution < 1.29 is 9.53 Å². The van der Waals surface area contributed by atoms with Gasteiger partial charge in [0.2, 0.25) is 0 Å². The Balaban J connectivity index is 0.00000400. The van der Waals surface area contributed by atoms with Gasteiger partial charge < -0.3 is 15.4 Å². The number of nitrogens with one attached hydrogen (secondary N) is 2. The number of rotatable bonds is 6. The van der Waals surface area contributed by atoms with Gasteiger partial charge in [-0.15, -0.1) is 24.0 Å². The number of carbonyl (C=O) groups excluding carboxylic acids is 1. The summed E-state index contributed by atoms with van der Waals surface area (Å²) in [5, 5.41) is 6.47. The van der Waals surface area contributed by atoms with Crippen molar-refractivity contribution in [3.05, 3.63) is 35.9 Å². The van der Waals surface area contributed by atoms with E-state index < -0.39 is 0 Å². The molecule has 6 heteroatoms. The van der Waals surface area contributed by atoms with Crippen LogP contribution in [0.3, 0.4) is 0 Å². The van der Waals surface area contributed by atoms with Crippen LogP contribution in [-0.2, 0) is 9.53 Å². The summed E-state index contributed by atoms with van der Waals surface area (Å²) in [7, 11) is 1.38. The highest BCUT2D eigenvalue weighted by molar-refractivity contribution is 14.0. The zero-order chi connectivity index (χ0) is 14.8. The highest BCUT2D eigenvalue weighted by Gasteiger charge is 2.07.